The number of nitrogens with zero attached hydrogens (tertiary/aromatic N) is 3. The Morgan fingerprint density at radius 1 is 1.00 bits per heavy atom. The maximum atomic E-state index is 12.1. The lowest BCUT2D eigenvalue weighted by atomic mass is 10.1. The monoisotopic (exact) mass is 487 g/mol. The molecule has 36 heavy (non-hydrogen) atoms. The van der Waals surface area contributed by atoms with E-state index in [4.69, 9.17) is 14.2 Å². The predicted molar refractivity (Wildman–Crippen MR) is 139 cm³/mol. The Balaban J connectivity index is 1.54. The summed E-state index contributed by atoms with van der Waals surface area (Å²) in [5, 5.41) is 0. The first-order valence-corrected chi connectivity index (χ1v) is 12.7. The van der Waals surface area contributed by atoms with E-state index in [1.165, 1.54) is 0 Å². The Labute approximate surface area is 212 Å². The third-order valence-corrected chi connectivity index (χ3v) is 6.82. The van der Waals surface area contributed by atoms with Crippen LogP contribution in [0.5, 0.6) is 17.2 Å². The topological polar surface area (TPSA) is 64.1 Å². The van der Waals surface area contributed by atoms with Crippen LogP contribution in [-0.2, 0) is 11.3 Å². The number of likely N-dealkylation sites (tertiary alicyclic amines) is 1. The van der Waals surface area contributed by atoms with Crippen LogP contribution in [-0.4, -0.2) is 42.3 Å². The van der Waals surface area contributed by atoms with Crippen molar-refractivity contribution in [2.75, 3.05) is 25.3 Å². The number of pyridine rings is 1. The van der Waals surface area contributed by atoms with Crippen LogP contribution in [0.2, 0.25) is 0 Å². The zero-order chi connectivity index (χ0) is 24.7. The number of methoxy groups -OCH3 is 1. The Hall–Kier alpha value is -3.74. The number of amides is 1. The van der Waals surface area contributed by atoms with Gasteiger partial charge in [-0.25, -0.2) is 0 Å². The van der Waals surface area contributed by atoms with Crippen molar-refractivity contribution >= 4 is 17.3 Å². The van der Waals surface area contributed by atoms with Gasteiger partial charge in [-0.1, -0.05) is 24.3 Å². The van der Waals surface area contributed by atoms with Crippen LogP contribution in [0.3, 0.4) is 0 Å². The molecule has 5 rings (SSSR count). The van der Waals surface area contributed by atoms with E-state index < -0.39 is 0 Å². The quantitative estimate of drug-likeness (QED) is 0.365. The molecule has 7 nitrogen and oxygen atoms in total. The summed E-state index contributed by atoms with van der Waals surface area (Å²) in [4.78, 5) is 20.4. The van der Waals surface area contributed by atoms with E-state index in [0.717, 1.165) is 55.6 Å². The summed E-state index contributed by atoms with van der Waals surface area (Å²) >= 11 is 0. The van der Waals surface area contributed by atoms with E-state index in [1.54, 1.807) is 18.2 Å². The number of carbonyl (C=O) groups is 1. The van der Waals surface area contributed by atoms with Gasteiger partial charge in [-0.3, -0.25) is 9.78 Å². The summed E-state index contributed by atoms with van der Waals surface area (Å²) in [6.07, 6.45) is 9.60. The molecule has 3 aromatic rings. The Kier molecular flexibility index (Phi) is 7.55. The standard InChI is InChI=1S/C29H33N3O4/c1-34-29-26(35-21-31-18-8-14-27(31)33)16-15-25(28(29)36-24-12-5-6-13-24)32(23-10-3-2-4-11-23)20-22-9-7-17-30-19-22/h2-4,7,9-11,15-17,19,24H,5-6,8,12-14,18,20-21H2,1H3. The molecule has 1 aromatic heterocycles. The summed E-state index contributed by atoms with van der Waals surface area (Å²) in [6, 6.07) is 18.2. The Morgan fingerprint density at radius 3 is 2.53 bits per heavy atom. The van der Waals surface area contributed by atoms with Crippen LogP contribution < -0.4 is 19.1 Å². The van der Waals surface area contributed by atoms with Crippen LogP contribution in [0.4, 0.5) is 11.4 Å². The molecule has 7 heteroatoms. The van der Waals surface area contributed by atoms with E-state index in [1.807, 2.05) is 42.6 Å². The molecular formula is C29H33N3O4. The zero-order valence-electron chi connectivity index (χ0n) is 20.8. The lowest BCUT2D eigenvalue weighted by Gasteiger charge is -2.30. The fourth-order valence-electron chi connectivity index (χ4n) is 4.93. The fourth-order valence-corrected chi connectivity index (χ4v) is 4.93. The van der Waals surface area contributed by atoms with Gasteiger partial charge >= 0.3 is 0 Å². The average molecular weight is 488 g/mol. The summed E-state index contributed by atoms with van der Waals surface area (Å²) < 4.78 is 18.7. The van der Waals surface area contributed by atoms with Crippen LogP contribution in [0, 0.1) is 0 Å². The van der Waals surface area contributed by atoms with Crippen molar-refractivity contribution in [1.82, 2.24) is 9.88 Å². The maximum absolute atomic E-state index is 12.1. The van der Waals surface area contributed by atoms with Crippen molar-refractivity contribution in [3.8, 4) is 17.2 Å². The van der Waals surface area contributed by atoms with E-state index in [-0.39, 0.29) is 18.7 Å². The molecular weight excluding hydrogens is 454 g/mol. The van der Waals surface area contributed by atoms with Gasteiger partial charge in [-0.05, 0) is 68.0 Å². The number of anilines is 2. The number of carbonyl (C=O) groups excluding carboxylic acids is 1. The van der Waals surface area contributed by atoms with Crippen molar-refractivity contribution in [3.05, 3.63) is 72.6 Å². The van der Waals surface area contributed by atoms with Gasteiger partial charge in [-0.2, -0.15) is 0 Å². The highest BCUT2D eigenvalue weighted by Gasteiger charge is 2.27. The van der Waals surface area contributed by atoms with Gasteiger partial charge < -0.3 is 24.0 Å². The normalized spacial score (nSPS) is 15.8. The number of hydrogen-bond donors (Lipinski definition) is 0. The molecule has 2 heterocycles. The van der Waals surface area contributed by atoms with E-state index in [0.29, 0.717) is 30.2 Å². The summed E-state index contributed by atoms with van der Waals surface area (Å²) in [5.41, 5.74) is 3.02. The first-order chi connectivity index (χ1) is 17.7. The molecule has 0 unspecified atom stereocenters. The van der Waals surface area contributed by atoms with Crippen LogP contribution in [0.25, 0.3) is 0 Å². The van der Waals surface area contributed by atoms with Gasteiger partial charge in [0.1, 0.15) is 0 Å². The maximum Gasteiger partial charge on any atom is 0.225 e. The van der Waals surface area contributed by atoms with Crippen molar-refractivity contribution in [3.63, 3.8) is 0 Å². The van der Waals surface area contributed by atoms with Gasteiger partial charge in [0.2, 0.25) is 11.7 Å². The summed E-state index contributed by atoms with van der Waals surface area (Å²) in [7, 11) is 1.64. The van der Waals surface area contributed by atoms with Crippen molar-refractivity contribution in [1.29, 1.82) is 0 Å². The van der Waals surface area contributed by atoms with Crippen LogP contribution in [0.1, 0.15) is 44.1 Å². The number of ether oxygens (including phenoxy) is 3. The number of rotatable bonds is 10. The molecule has 0 spiro atoms. The largest absolute Gasteiger partial charge is 0.490 e. The Morgan fingerprint density at radius 2 is 1.83 bits per heavy atom. The Bertz CT molecular complexity index is 1150. The van der Waals surface area contributed by atoms with E-state index in [9.17, 15) is 4.79 Å². The smallest absolute Gasteiger partial charge is 0.225 e. The zero-order valence-corrected chi connectivity index (χ0v) is 20.8. The van der Waals surface area contributed by atoms with E-state index in [2.05, 4.69) is 28.1 Å². The number of aromatic nitrogens is 1. The van der Waals surface area contributed by atoms with Gasteiger partial charge in [-0.15, -0.1) is 0 Å². The predicted octanol–water partition coefficient (Wildman–Crippen LogP) is 5.71. The second-order valence-electron chi connectivity index (χ2n) is 9.29. The second-order valence-corrected chi connectivity index (χ2v) is 9.29. The molecule has 1 amide bonds. The highest BCUT2D eigenvalue weighted by molar-refractivity contribution is 5.78. The van der Waals surface area contributed by atoms with Gasteiger partial charge in [0.15, 0.2) is 18.2 Å². The fraction of sp³-hybridized carbons (Fsp3) is 0.379. The number of para-hydroxylation sites is 1. The van der Waals surface area contributed by atoms with E-state index >= 15 is 0 Å². The van der Waals surface area contributed by atoms with Crippen molar-refractivity contribution < 1.29 is 19.0 Å². The number of benzene rings is 2. The van der Waals surface area contributed by atoms with Gasteiger partial charge in [0.05, 0.1) is 18.9 Å². The molecule has 2 aromatic carbocycles. The van der Waals surface area contributed by atoms with Crippen molar-refractivity contribution in [2.45, 2.75) is 51.2 Å². The lowest BCUT2D eigenvalue weighted by molar-refractivity contribution is -0.130. The minimum atomic E-state index is 0.125. The molecule has 1 saturated carbocycles. The molecule has 1 aliphatic heterocycles. The third-order valence-electron chi connectivity index (χ3n) is 6.82. The minimum absolute atomic E-state index is 0.125. The second kappa shape index (κ2) is 11.3. The first kappa shape index (κ1) is 24.0. The molecule has 2 aliphatic rings. The minimum Gasteiger partial charge on any atom is -0.490 e. The first-order valence-electron chi connectivity index (χ1n) is 12.7. The molecule has 1 saturated heterocycles. The van der Waals surface area contributed by atoms with Gasteiger partial charge in [0.25, 0.3) is 0 Å². The molecule has 2 fully saturated rings. The SMILES string of the molecule is COc1c(OCN2CCCC2=O)ccc(N(Cc2cccnc2)c2ccccc2)c1OC1CCCC1. The lowest BCUT2D eigenvalue weighted by Crippen LogP contribution is -2.29. The molecule has 0 atom stereocenters. The summed E-state index contributed by atoms with van der Waals surface area (Å²) in [6.45, 7) is 1.54. The third kappa shape index (κ3) is 5.40. The highest BCUT2D eigenvalue weighted by Crippen LogP contribution is 2.48. The molecule has 188 valence electrons. The highest BCUT2D eigenvalue weighted by atomic mass is 16.5. The average Bonchev–Trinajstić information content (AvgIpc) is 3.59. The molecule has 0 bridgehead atoms. The molecule has 0 N–H and O–H groups in total. The summed E-state index contributed by atoms with van der Waals surface area (Å²) in [5.74, 6) is 1.92. The van der Waals surface area contributed by atoms with Crippen LogP contribution in [0.15, 0.2) is 67.0 Å². The molecule has 0 radical (unpaired) electrons. The molecule has 1 aliphatic carbocycles. The van der Waals surface area contributed by atoms with Crippen LogP contribution >= 0.6 is 0 Å². The number of hydrogen-bond acceptors (Lipinski definition) is 6. The van der Waals surface area contributed by atoms with Gasteiger partial charge in [0, 0.05) is 37.6 Å². The van der Waals surface area contributed by atoms with Crippen molar-refractivity contribution in [2.24, 2.45) is 0 Å².